The van der Waals surface area contributed by atoms with Crippen molar-refractivity contribution in [2.24, 2.45) is 11.8 Å². The molecule has 2 rings (SSSR count). The highest BCUT2D eigenvalue weighted by Gasteiger charge is 2.20. The van der Waals surface area contributed by atoms with Crippen molar-refractivity contribution >= 4 is 17.8 Å². The minimum atomic E-state index is 0.319. The molecule has 6 nitrogen and oxygen atoms in total. The maximum absolute atomic E-state index is 5.91. The van der Waals surface area contributed by atoms with Crippen LogP contribution in [0.4, 0.5) is 17.8 Å². The van der Waals surface area contributed by atoms with E-state index in [4.69, 9.17) is 5.73 Å². The zero-order chi connectivity index (χ0) is 15.4. The van der Waals surface area contributed by atoms with E-state index in [0.29, 0.717) is 23.7 Å². The van der Waals surface area contributed by atoms with Crippen LogP contribution in [0.2, 0.25) is 0 Å². The summed E-state index contributed by atoms with van der Waals surface area (Å²) in [5.74, 6) is 2.87. The molecule has 6 heteroatoms. The van der Waals surface area contributed by atoms with Gasteiger partial charge in [0.15, 0.2) is 0 Å². The highest BCUT2D eigenvalue weighted by atomic mass is 15.4. The Morgan fingerprint density at radius 2 is 1.57 bits per heavy atom. The highest BCUT2D eigenvalue weighted by Crippen LogP contribution is 2.20. The Kier molecular flexibility index (Phi) is 5.20. The lowest BCUT2D eigenvalue weighted by Gasteiger charge is -2.27. The van der Waals surface area contributed by atoms with Gasteiger partial charge in [-0.1, -0.05) is 27.7 Å². The van der Waals surface area contributed by atoms with Crippen LogP contribution in [0.5, 0.6) is 0 Å². The molecule has 0 saturated carbocycles. The smallest absolute Gasteiger partial charge is 0.231 e. The number of rotatable bonds is 6. The lowest BCUT2D eigenvalue weighted by atomic mass is 10.1. The van der Waals surface area contributed by atoms with Gasteiger partial charge in [-0.25, -0.2) is 0 Å². The molecule has 21 heavy (non-hydrogen) atoms. The predicted octanol–water partition coefficient (Wildman–Crippen LogP) is 2.17. The van der Waals surface area contributed by atoms with Gasteiger partial charge in [0.25, 0.3) is 0 Å². The maximum atomic E-state index is 5.91. The molecular formula is C15H28N6. The summed E-state index contributed by atoms with van der Waals surface area (Å²) in [5.41, 5.74) is 5.91. The molecule has 2 N–H and O–H groups in total. The first-order chi connectivity index (χ1) is 9.95. The average molecular weight is 292 g/mol. The summed E-state index contributed by atoms with van der Waals surface area (Å²) in [6, 6.07) is 0. The van der Waals surface area contributed by atoms with Gasteiger partial charge < -0.3 is 15.5 Å². The Morgan fingerprint density at radius 3 is 2.10 bits per heavy atom. The molecule has 0 unspecified atom stereocenters. The zero-order valence-electron chi connectivity index (χ0n) is 13.7. The SMILES string of the molecule is CC(C)CN(CC(C)C)c1nc(N)nc(N2CCCC2)n1. The molecule has 0 atom stereocenters. The van der Waals surface area contributed by atoms with E-state index in [2.05, 4.69) is 52.4 Å². The molecule has 1 aromatic rings. The van der Waals surface area contributed by atoms with Crippen LogP contribution in [-0.2, 0) is 0 Å². The van der Waals surface area contributed by atoms with Crippen LogP contribution in [0.1, 0.15) is 40.5 Å². The number of anilines is 3. The number of hydrogen-bond donors (Lipinski definition) is 1. The molecule has 1 aromatic heterocycles. The molecule has 0 radical (unpaired) electrons. The summed E-state index contributed by atoms with van der Waals surface area (Å²) in [5, 5.41) is 0. The van der Waals surface area contributed by atoms with Crippen LogP contribution in [0.3, 0.4) is 0 Å². The van der Waals surface area contributed by atoms with Crippen molar-refractivity contribution in [1.29, 1.82) is 0 Å². The molecule has 1 aliphatic heterocycles. The van der Waals surface area contributed by atoms with Crippen molar-refractivity contribution < 1.29 is 0 Å². The van der Waals surface area contributed by atoms with E-state index < -0.39 is 0 Å². The Bertz CT molecular complexity index is 443. The monoisotopic (exact) mass is 292 g/mol. The van der Waals surface area contributed by atoms with E-state index >= 15 is 0 Å². The molecule has 1 saturated heterocycles. The number of nitrogens with zero attached hydrogens (tertiary/aromatic N) is 5. The largest absolute Gasteiger partial charge is 0.368 e. The van der Waals surface area contributed by atoms with Gasteiger partial charge in [0.1, 0.15) is 0 Å². The minimum Gasteiger partial charge on any atom is -0.368 e. The fraction of sp³-hybridized carbons (Fsp3) is 0.800. The summed E-state index contributed by atoms with van der Waals surface area (Å²) < 4.78 is 0. The summed E-state index contributed by atoms with van der Waals surface area (Å²) in [6.45, 7) is 12.7. The van der Waals surface area contributed by atoms with Crippen molar-refractivity contribution in [3.05, 3.63) is 0 Å². The Morgan fingerprint density at radius 1 is 1.00 bits per heavy atom. The van der Waals surface area contributed by atoms with Crippen LogP contribution < -0.4 is 15.5 Å². The van der Waals surface area contributed by atoms with Crippen LogP contribution in [0.15, 0.2) is 0 Å². The fourth-order valence-electron chi connectivity index (χ4n) is 2.69. The lowest BCUT2D eigenvalue weighted by Crippen LogP contribution is -2.34. The highest BCUT2D eigenvalue weighted by molar-refractivity contribution is 5.44. The molecule has 0 spiro atoms. The van der Waals surface area contributed by atoms with Crippen LogP contribution >= 0.6 is 0 Å². The molecular weight excluding hydrogens is 264 g/mol. The lowest BCUT2D eigenvalue weighted by molar-refractivity contribution is 0.543. The molecule has 0 aromatic carbocycles. The van der Waals surface area contributed by atoms with Crippen LogP contribution in [0, 0.1) is 11.8 Å². The number of nitrogen functional groups attached to an aromatic ring is 1. The van der Waals surface area contributed by atoms with E-state index in [0.717, 1.165) is 32.1 Å². The number of nitrogens with two attached hydrogens (primary N) is 1. The van der Waals surface area contributed by atoms with Gasteiger partial charge in [-0.2, -0.15) is 15.0 Å². The zero-order valence-corrected chi connectivity index (χ0v) is 13.7. The Labute approximate surface area is 127 Å². The second kappa shape index (κ2) is 6.91. The van der Waals surface area contributed by atoms with Gasteiger partial charge >= 0.3 is 0 Å². The predicted molar refractivity (Wildman–Crippen MR) is 87.6 cm³/mol. The maximum Gasteiger partial charge on any atom is 0.231 e. The average Bonchev–Trinajstić information content (AvgIpc) is 2.90. The van der Waals surface area contributed by atoms with Gasteiger partial charge in [-0.05, 0) is 24.7 Å². The first-order valence-corrected chi connectivity index (χ1v) is 7.97. The van der Waals surface area contributed by atoms with Crippen molar-refractivity contribution in [2.75, 3.05) is 41.7 Å². The van der Waals surface area contributed by atoms with E-state index in [1.54, 1.807) is 0 Å². The standard InChI is InChI=1S/C15H28N6/c1-11(2)9-21(10-12(3)4)15-18-13(16)17-14(19-15)20-7-5-6-8-20/h11-12H,5-10H2,1-4H3,(H2,16,17,18,19). The Balaban J connectivity index is 2.25. The van der Waals surface area contributed by atoms with Crippen LogP contribution in [0.25, 0.3) is 0 Å². The van der Waals surface area contributed by atoms with E-state index in [9.17, 15) is 0 Å². The second-order valence-corrected chi connectivity index (χ2v) is 6.68. The van der Waals surface area contributed by atoms with E-state index in [1.807, 2.05) is 0 Å². The third-order valence-corrected chi connectivity index (χ3v) is 3.47. The van der Waals surface area contributed by atoms with Crippen LogP contribution in [-0.4, -0.2) is 41.1 Å². The summed E-state index contributed by atoms with van der Waals surface area (Å²) in [4.78, 5) is 17.8. The second-order valence-electron chi connectivity index (χ2n) is 6.68. The van der Waals surface area contributed by atoms with E-state index in [-0.39, 0.29) is 0 Å². The van der Waals surface area contributed by atoms with Gasteiger partial charge in [0, 0.05) is 26.2 Å². The third kappa shape index (κ3) is 4.44. The normalized spacial score (nSPS) is 15.2. The molecule has 0 aliphatic carbocycles. The van der Waals surface area contributed by atoms with Gasteiger partial charge in [-0.3, -0.25) is 0 Å². The van der Waals surface area contributed by atoms with Gasteiger partial charge in [0.05, 0.1) is 0 Å². The molecule has 1 aliphatic rings. The van der Waals surface area contributed by atoms with E-state index in [1.165, 1.54) is 12.8 Å². The number of aromatic nitrogens is 3. The molecule has 2 heterocycles. The van der Waals surface area contributed by atoms with Gasteiger partial charge in [-0.15, -0.1) is 0 Å². The van der Waals surface area contributed by atoms with Gasteiger partial charge in [0.2, 0.25) is 17.8 Å². The summed E-state index contributed by atoms with van der Waals surface area (Å²) in [6.07, 6.45) is 2.39. The summed E-state index contributed by atoms with van der Waals surface area (Å²) in [7, 11) is 0. The fourth-order valence-corrected chi connectivity index (χ4v) is 2.69. The number of hydrogen-bond acceptors (Lipinski definition) is 6. The third-order valence-electron chi connectivity index (χ3n) is 3.47. The molecule has 1 fully saturated rings. The molecule has 118 valence electrons. The first-order valence-electron chi connectivity index (χ1n) is 7.97. The molecule has 0 amide bonds. The first kappa shape index (κ1) is 15.8. The van der Waals surface area contributed by atoms with Crippen molar-refractivity contribution in [1.82, 2.24) is 15.0 Å². The topological polar surface area (TPSA) is 71.2 Å². The quantitative estimate of drug-likeness (QED) is 0.866. The minimum absolute atomic E-state index is 0.319. The van der Waals surface area contributed by atoms with Crippen molar-refractivity contribution in [3.8, 4) is 0 Å². The molecule has 0 bridgehead atoms. The van der Waals surface area contributed by atoms with Crippen molar-refractivity contribution in [3.63, 3.8) is 0 Å². The Hall–Kier alpha value is -1.59. The van der Waals surface area contributed by atoms with Crippen molar-refractivity contribution in [2.45, 2.75) is 40.5 Å². The summed E-state index contributed by atoms with van der Waals surface area (Å²) >= 11 is 0.